The number of rotatable bonds is 42. The van der Waals surface area contributed by atoms with Crippen molar-refractivity contribution in [1.29, 1.82) is 0 Å². The Labute approximate surface area is 357 Å². The molecule has 0 amide bonds. The third-order valence-electron chi connectivity index (χ3n) is 9.90. The molecule has 0 aliphatic heterocycles. The van der Waals surface area contributed by atoms with Crippen LogP contribution in [0.15, 0.2) is 72.9 Å². The minimum absolute atomic E-state index is 0.101. The van der Waals surface area contributed by atoms with Gasteiger partial charge < -0.3 is 14.2 Å². The zero-order chi connectivity index (χ0) is 42.3. The minimum atomic E-state index is -0.802. The molecule has 6 nitrogen and oxygen atoms in total. The van der Waals surface area contributed by atoms with E-state index in [2.05, 4.69) is 93.7 Å². The number of hydrogen-bond acceptors (Lipinski definition) is 6. The molecule has 0 aliphatic carbocycles. The molecule has 0 radical (unpaired) electrons. The van der Waals surface area contributed by atoms with Crippen LogP contribution < -0.4 is 0 Å². The lowest BCUT2D eigenvalue weighted by molar-refractivity contribution is -0.167. The minimum Gasteiger partial charge on any atom is -0.462 e. The molecule has 0 saturated carbocycles. The van der Waals surface area contributed by atoms with Crippen LogP contribution in [0.4, 0.5) is 0 Å². The van der Waals surface area contributed by atoms with Crippen molar-refractivity contribution in [2.75, 3.05) is 13.2 Å². The summed E-state index contributed by atoms with van der Waals surface area (Å²) in [7, 11) is 0. The van der Waals surface area contributed by atoms with E-state index in [1.807, 2.05) is 0 Å². The zero-order valence-corrected chi connectivity index (χ0v) is 37.8. The molecule has 0 aromatic rings. The highest BCUT2D eigenvalue weighted by molar-refractivity contribution is 5.71. The molecule has 1 unspecified atom stereocenters. The normalized spacial score (nSPS) is 12.7. The second kappa shape index (κ2) is 46.5. The first-order valence-electron chi connectivity index (χ1n) is 23.9. The molecule has 0 aromatic heterocycles. The van der Waals surface area contributed by atoms with Crippen molar-refractivity contribution in [2.24, 2.45) is 0 Å². The topological polar surface area (TPSA) is 78.9 Å². The Hall–Kier alpha value is -3.15. The highest BCUT2D eigenvalue weighted by Gasteiger charge is 2.19. The first-order valence-corrected chi connectivity index (χ1v) is 23.9. The average Bonchev–Trinajstić information content (AvgIpc) is 3.22. The first-order chi connectivity index (χ1) is 28.5. The van der Waals surface area contributed by atoms with Crippen LogP contribution in [-0.4, -0.2) is 37.2 Å². The lowest BCUT2D eigenvalue weighted by Gasteiger charge is -2.18. The summed E-state index contributed by atoms with van der Waals surface area (Å²) in [5.41, 5.74) is 0. The van der Waals surface area contributed by atoms with Crippen molar-refractivity contribution < 1.29 is 28.6 Å². The Bertz CT molecular complexity index is 1110. The number of hydrogen-bond donors (Lipinski definition) is 0. The molecule has 1 atom stereocenters. The number of carbonyl (C=O) groups excluding carboxylic acids is 3. The molecule has 0 spiro atoms. The Morgan fingerprint density at radius 2 is 0.655 bits per heavy atom. The summed E-state index contributed by atoms with van der Waals surface area (Å²) in [6, 6.07) is 0. The van der Waals surface area contributed by atoms with Gasteiger partial charge >= 0.3 is 17.9 Å². The molecular formula is C52H88O6. The fourth-order valence-electron chi connectivity index (χ4n) is 6.23. The van der Waals surface area contributed by atoms with Gasteiger partial charge in [0.2, 0.25) is 0 Å². The van der Waals surface area contributed by atoms with E-state index in [0.29, 0.717) is 19.3 Å². The average molecular weight is 809 g/mol. The van der Waals surface area contributed by atoms with Crippen LogP contribution in [0.1, 0.15) is 220 Å². The van der Waals surface area contributed by atoms with Crippen LogP contribution in [0.3, 0.4) is 0 Å². The number of allylic oxidation sites excluding steroid dienone is 12. The summed E-state index contributed by atoms with van der Waals surface area (Å²) in [6.07, 6.45) is 57.4. The standard InChI is InChI=1S/C52H88O6/c1-4-7-10-13-16-19-22-24-25-26-27-28-31-33-36-39-42-45-51(54)57-48-49(47-56-50(53)44-41-38-35-32-29-21-18-15-12-9-6-3)58-52(55)46-43-40-37-34-30-23-20-17-14-11-8-5-2/h15-20,24-25,27-28,33,36,49H,4-14,21-23,26,29-32,34-35,37-48H2,1-3H3/b18-15-,19-16-,20-17-,25-24-,28-27-,36-33-. The Kier molecular flexibility index (Phi) is 44.0. The Balaban J connectivity index is 4.48. The number of ether oxygens (including phenoxy) is 3. The van der Waals surface area contributed by atoms with Crippen LogP contribution in [0.5, 0.6) is 0 Å². The maximum atomic E-state index is 12.7. The van der Waals surface area contributed by atoms with E-state index in [-0.39, 0.29) is 37.5 Å². The Morgan fingerprint density at radius 1 is 0.345 bits per heavy atom. The molecule has 6 heteroatoms. The summed E-state index contributed by atoms with van der Waals surface area (Å²) in [4.78, 5) is 37.8. The van der Waals surface area contributed by atoms with Crippen LogP contribution in [-0.2, 0) is 28.6 Å². The number of unbranched alkanes of at least 4 members (excludes halogenated alkanes) is 19. The van der Waals surface area contributed by atoms with Gasteiger partial charge in [-0.25, -0.2) is 0 Å². The monoisotopic (exact) mass is 809 g/mol. The maximum Gasteiger partial charge on any atom is 0.306 e. The summed E-state index contributed by atoms with van der Waals surface area (Å²) in [5, 5.41) is 0. The van der Waals surface area contributed by atoms with Gasteiger partial charge in [-0.1, -0.05) is 171 Å². The highest BCUT2D eigenvalue weighted by atomic mass is 16.6. The lowest BCUT2D eigenvalue weighted by Crippen LogP contribution is -2.30. The molecule has 0 aromatic carbocycles. The van der Waals surface area contributed by atoms with Crippen molar-refractivity contribution >= 4 is 17.9 Å². The van der Waals surface area contributed by atoms with Gasteiger partial charge in [0.05, 0.1) is 0 Å². The third kappa shape index (κ3) is 44.0. The van der Waals surface area contributed by atoms with Crippen LogP contribution in [0, 0.1) is 0 Å². The van der Waals surface area contributed by atoms with Gasteiger partial charge in [-0.3, -0.25) is 14.4 Å². The van der Waals surface area contributed by atoms with Gasteiger partial charge in [0.15, 0.2) is 6.10 Å². The molecule has 0 rings (SSSR count). The summed E-state index contributed by atoms with van der Waals surface area (Å²) < 4.78 is 16.7. The fourth-order valence-corrected chi connectivity index (χ4v) is 6.23. The second-order valence-electron chi connectivity index (χ2n) is 15.7. The summed E-state index contributed by atoms with van der Waals surface area (Å²) in [5.74, 6) is -0.982. The van der Waals surface area contributed by atoms with Gasteiger partial charge in [0.25, 0.3) is 0 Å². The molecular weight excluding hydrogens is 721 g/mol. The van der Waals surface area contributed by atoms with Gasteiger partial charge in [0, 0.05) is 19.3 Å². The Morgan fingerprint density at radius 3 is 1.10 bits per heavy atom. The number of carbonyl (C=O) groups is 3. The van der Waals surface area contributed by atoms with Gasteiger partial charge in [-0.05, 0) is 103 Å². The van der Waals surface area contributed by atoms with E-state index in [4.69, 9.17) is 14.2 Å². The van der Waals surface area contributed by atoms with Crippen molar-refractivity contribution in [3.8, 4) is 0 Å². The molecule has 0 heterocycles. The van der Waals surface area contributed by atoms with E-state index in [0.717, 1.165) is 89.9 Å². The number of esters is 3. The lowest BCUT2D eigenvalue weighted by atomic mass is 10.1. The van der Waals surface area contributed by atoms with Gasteiger partial charge in [-0.2, -0.15) is 0 Å². The summed E-state index contributed by atoms with van der Waals surface area (Å²) >= 11 is 0. The quantitative estimate of drug-likeness (QED) is 0.0264. The fraction of sp³-hybridized carbons (Fsp3) is 0.712. The maximum absolute atomic E-state index is 12.7. The van der Waals surface area contributed by atoms with Crippen LogP contribution in [0.25, 0.3) is 0 Å². The van der Waals surface area contributed by atoms with E-state index in [1.54, 1.807) is 0 Å². The van der Waals surface area contributed by atoms with E-state index < -0.39 is 6.10 Å². The van der Waals surface area contributed by atoms with E-state index in [1.165, 1.54) is 83.5 Å². The van der Waals surface area contributed by atoms with Crippen LogP contribution >= 0.6 is 0 Å². The zero-order valence-electron chi connectivity index (χ0n) is 37.8. The molecule has 0 aliphatic rings. The second-order valence-corrected chi connectivity index (χ2v) is 15.7. The molecule has 332 valence electrons. The van der Waals surface area contributed by atoms with Crippen molar-refractivity contribution in [2.45, 2.75) is 226 Å². The third-order valence-corrected chi connectivity index (χ3v) is 9.90. The predicted octanol–water partition coefficient (Wildman–Crippen LogP) is 15.5. The van der Waals surface area contributed by atoms with E-state index >= 15 is 0 Å². The largest absolute Gasteiger partial charge is 0.462 e. The smallest absolute Gasteiger partial charge is 0.306 e. The van der Waals surface area contributed by atoms with Gasteiger partial charge in [0.1, 0.15) is 13.2 Å². The summed E-state index contributed by atoms with van der Waals surface area (Å²) in [6.45, 7) is 6.47. The molecule has 0 fully saturated rings. The SMILES string of the molecule is CCCC/C=C\CCCCCCCC(=O)OCC(COC(=O)CCC/C=C\C/C=C\C/C=C\C/C=C\CCCCC)OC(=O)CCCCCCC/C=C\CCCCC. The molecule has 58 heavy (non-hydrogen) atoms. The van der Waals surface area contributed by atoms with E-state index in [9.17, 15) is 14.4 Å². The molecule has 0 saturated heterocycles. The predicted molar refractivity (Wildman–Crippen MR) is 247 cm³/mol. The van der Waals surface area contributed by atoms with Gasteiger partial charge in [-0.15, -0.1) is 0 Å². The first kappa shape index (κ1) is 54.9. The van der Waals surface area contributed by atoms with Crippen LogP contribution in [0.2, 0.25) is 0 Å². The van der Waals surface area contributed by atoms with Crippen molar-refractivity contribution in [3.05, 3.63) is 72.9 Å². The van der Waals surface area contributed by atoms with Crippen molar-refractivity contribution in [3.63, 3.8) is 0 Å². The molecule has 0 N–H and O–H groups in total. The van der Waals surface area contributed by atoms with Crippen molar-refractivity contribution in [1.82, 2.24) is 0 Å². The highest BCUT2D eigenvalue weighted by Crippen LogP contribution is 2.12. The molecule has 0 bridgehead atoms.